The van der Waals surface area contributed by atoms with Crippen LogP contribution in [0, 0.1) is 13.8 Å². The van der Waals surface area contributed by atoms with Crippen LogP contribution in [0.15, 0.2) is 4.42 Å². The average Bonchev–Trinajstić information content (AvgIpc) is 3.07. The standard InChI is InChI=1S/C4H6N2O.C3H4O2S.C2H4NO.Fm/c1-3-5-6-4(2)7-3;4-3(5)2-1-6-2;1-3-2-4;/h1-2H3;2H,1H2,(H,4,5);1H3,(H,3,4);/q;;-1;. The Hall–Kier alpha value is -2.57. The summed E-state index contributed by atoms with van der Waals surface area (Å²) >= 11 is 1.48. The van der Waals surface area contributed by atoms with Gasteiger partial charge in [-0.05, 0) is 7.05 Å². The molecule has 1 fully saturated rings. The molecule has 2 heterocycles. The Morgan fingerprint density at radius 1 is 1.50 bits per heavy atom. The first kappa shape index (κ1) is 17.8. The van der Waals surface area contributed by atoms with Gasteiger partial charge in [-0.15, -0.1) is 22.0 Å². The zero-order chi connectivity index (χ0) is 13.3. The molecule has 108 valence electrons. The summed E-state index contributed by atoms with van der Waals surface area (Å²) in [7, 11) is 1.51. The van der Waals surface area contributed by atoms with Gasteiger partial charge in [0.1, 0.15) is 5.25 Å². The summed E-state index contributed by atoms with van der Waals surface area (Å²) in [6.45, 7) is 3.53. The molecule has 2 rings (SSSR count). The van der Waals surface area contributed by atoms with E-state index in [1.165, 1.54) is 25.2 Å². The summed E-state index contributed by atoms with van der Waals surface area (Å²) in [5.74, 6) is 1.39. The van der Waals surface area contributed by atoms with Crippen LogP contribution in [0.3, 0.4) is 0 Å². The van der Waals surface area contributed by atoms with Crippen molar-refractivity contribution in [2.75, 3.05) is 12.8 Å². The van der Waals surface area contributed by atoms with E-state index < -0.39 is 5.97 Å². The molecule has 0 aromatic carbocycles. The van der Waals surface area contributed by atoms with E-state index >= 15 is 0 Å². The van der Waals surface area contributed by atoms with Gasteiger partial charge in [0.25, 0.3) is 0 Å². The number of nitrogens with zero attached hydrogens (tertiary/aromatic N) is 2. The van der Waals surface area contributed by atoms with E-state index in [0.717, 1.165) is 5.75 Å². The van der Waals surface area contributed by atoms with Crippen LogP contribution in [0.25, 0.3) is 0 Å². The monoisotopic (exact) mass is 517 g/mol. The number of carbonyl (C=O) groups excluding carboxylic acids is 1. The van der Waals surface area contributed by atoms with Crippen LogP contribution in [0.5, 0.6) is 0 Å². The predicted octanol–water partition coefficient (Wildman–Crippen LogP) is 0.146. The van der Waals surface area contributed by atoms with Gasteiger partial charge in [-0.1, -0.05) is 0 Å². The fourth-order valence-corrected chi connectivity index (χ4v) is 0.967. The number of aryl methyl sites for hydroxylation is 2. The molecule has 2 N–H and O–H groups in total. The average molecular weight is 517 g/mol. The molecule has 1 amide bonds. The molecule has 1 aliphatic rings. The summed E-state index contributed by atoms with van der Waals surface area (Å²) < 4.78 is 4.86. The molecular weight excluding hydrogens is 503 g/mol. The van der Waals surface area contributed by atoms with Gasteiger partial charge in [0.2, 0.25) is 11.8 Å². The number of thioether (sulfide) groups is 1. The van der Waals surface area contributed by atoms with Gasteiger partial charge < -0.3 is 19.6 Å². The van der Waals surface area contributed by atoms with E-state index in [9.17, 15) is 4.79 Å². The molecule has 0 saturated carbocycles. The smallest absolute Gasteiger partial charge is 0.317 e. The van der Waals surface area contributed by atoms with Crippen LogP contribution in [-0.4, -0.2) is 45.7 Å². The maximum Gasteiger partial charge on any atom is 0.317 e. The first-order valence-electron chi connectivity index (χ1n) is 4.66. The van der Waals surface area contributed by atoms with Gasteiger partial charge in [-0.2, -0.15) is 6.41 Å². The minimum absolute atomic E-state index is 0. The number of carbonyl (C=O) groups is 1. The first-order chi connectivity index (χ1) is 8.01. The summed E-state index contributed by atoms with van der Waals surface area (Å²) in [6, 6.07) is 0. The summed E-state index contributed by atoms with van der Waals surface area (Å²) in [4.78, 5) is 18.7. The molecule has 0 spiro atoms. The maximum atomic E-state index is 9.74. The summed E-state index contributed by atoms with van der Waals surface area (Å²) in [5.41, 5.74) is 0. The Labute approximate surface area is 103 Å². The molecule has 1 aromatic heterocycles. The van der Waals surface area contributed by atoms with Crippen molar-refractivity contribution in [1.82, 2.24) is 15.5 Å². The normalized spacial score (nSPS) is 14.7. The number of aromatic nitrogens is 2. The molecule has 1 saturated heterocycles. The number of rotatable bonds is 2. The number of nitrogens with one attached hydrogen (secondary N) is 1. The Bertz CT molecular complexity index is 341. The molecule has 0 aliphatic carbocycles. The molecule has 1 atom stereocenters. The number of aliphatic carboxylic acids is 1. The van der Waals surface area contributed by atoms with E-state index in [2.05, 4.69) is 15.5 Å². The molecule has 9 heteroatoms. The van der Waals surface area contributed by atoms with Crippen molar-refractivity contribution in [3.05, 3.63) is 11.8 Å². The van der Waals surface area contributed by atoms with Crippen molar-refractivity contribution in [3.8, 4) is 0 Å². The number of carboxylic acids is 1. The molecule has 1 aliphatic heterocycles. The second-order valence-corrected chi connectivity index (χ2v) is 4.09. The van der Waals surface area contributed by atoms with Crippen LogP contribution in [0.4, 0.5) is 0 Å². The third-order valence-corrected chi connectivity index (χ3v) is 2.21. The molecule has 18 heavy (non-hydrogen) atoms. The zero-order valence-electron chi connectivity index (χ0n) is 10.0. The number of hydrogen-bond acceptors (Lipinski definition) is 6. The Morgan fingerprint density at radius 3 is 1.94 bits per heavy atom. The SMILES string of the molecule is CN[C-]=O.Cc1nnc(C)o1.O=C(O)C1CS1.[Fm]. The van der Waals surface area contributed by atoms with Gasteiger partial charge in [0.15, 0.2) is 0 Å². The molecule has 1 aromatic rings. The Kier molecular flexibility index (Phi) is 9.54. The molecule has 0 bridgehead atoms. The van der Waals surface area contributed by atoms with Crippen molar-refractivity contribution in [2.45, 2.75) is 19.1 Å². The third kappa shape index (κ3) is 9.97. The van der Waals surface area contributed by atoms with Crippen molar-refractivity contribution in [2.24, 2.45) is 0 Å². The minimum Gasteiger partial charge on any atom is -0.532 e. The van der Waals surface area contributed by atoms with E-state index in [0.29, 0.717) is 11.8 Å². The number of carboxylic acid groups (broad SMARTS) is 1. The quantitative estimate of drug-likeness (QED) is 0.327. The molecular formula is C9H14FmN3O4S-. The van der Waals surface area contributed by atoms with Gasteiger partial charge in [0, 0.05) is 19.6 Å². The van der Waals surface area contributed by atoms with Crippen molar-refractivity contribution < 1.29 is 19.1 Å². The van der Waals surface area contributed by atoms with Gasteiger partial charge in [-0.3, -0.25) is 4.79 Å². The van der Waals surface area contributed by atoms with E-state index in [4.69, 9.17) is 14.3 Å². The van der Waals surface area contributed by atoms with Gasteiger partial charge in [-0.25, -0.2) is 0 Å². The van der Waals surface area contributed by atoms with Crippen LogP contribution in [0.1, 0.15) is 11.8 Å². The topological polar surface area (TPSA) is 105 Å². The maximum absolute atomic E-state index is 9.74. The van der Waals surface area contributed by atoms with Crippen LogP contribution in [0.2, 0.25) is 0 Å². The fraction of sp³-hybridized carbons (Fsp3) is 0.556. The largest absolute Gasteiger partial charge is 0.532 e. The van der Waals surface area contributed by atoms with E-state index in [1.54, 1.807) is 13.8 Å². The molecule has 7 nitrogen and oxygen atoms in total. The molecule has 0 radical (unpaired) electrons. The van der Waals surface area contributed by atoms with Gasteiger partial charge in [0.05, 0.1) is 0 Å². The Balaban J connectivity index is 0. The van der Waals surface area contributed by atoms with E-state index in [-0.39, 0.29) is 5.25 Å². The third-order valence-electron chi connectivity index (χ3n) is 1.34. The fourth-order valence-electron chi connectivity index (χ4n) is 0.586. The van der Waals surface area contributed by atoms with Crippen molar-refractivity contribution in [3.63, 3.8) is 0 Å². The number of amides is 1. The second-order valence-electron chi connectivity index (χ2n) is 2.85. The van der Waals surface area contributed by atoms with Gasteiger partial charge >= 0.3 is 5.97 Å². The number of hydrogen-bond donors (Lipinski definition) is 2. The van der Waals surface area contributed by atoms with Crippen LogP contribution in [-0.2, 0) is 9.59 Å². The predicted molar refractivity (Wildman–Crippen MR) is 62.4 cm³/mol. The summed E-state index contributed by atoms with van der Waals surface area (Å²) in [5, 5.41) is 17.3. The first-order valence-corrected chi connectivity index (χ1v) is 5.71. The van der Waals surface area contributed by atoms with Crippen LogP contribution < -0.4 is 5.32 Å². The summed E-state index contributed by atoms with van der Waals surface area (Å²) in [6.07, 6.45) is 1.43. The van der Waals surface area contributed by atoms with Crippen molar-refractivity contribution >= 4 is 24.1 Å². The minimum atomic E-state index is -0.667. The van der Waals surface area contributed by atoms with Crippen LogP contribution >= 0.6 is 11.8 Å². The zero-order valence-corrected chi connectivity index (χ0v) is 13.3. The Morgan fingerprint density at radius 2 is 1.89 bits per heavy atom. The second kappa shape index (κ2) is 9.64. The van der Waals surface area contributed by atoms with Crippen molar-refractivity contribution in [1.29, 1.82) is 0 Å². The molecule has 1 unspecified atom stereocenters. The van der Waals surface area contributed by atoms with E-state index in [1.807, 2.05) is 0 Å².